The predicted octanol–water partition coefficient (Wildman–Crippen LogP) is 2.04. The van der Waals surface area contributed by atoms with Gasteiger partial charge in [0.2, 0.25) is 5.91 Å². The number of aromatic nitrogens is 2. The number of rotatable bonds is 4. The number of aryl methyl sites for hydroxylation is 1. The number of nitrogens with zero attached hydrogens (tertiary/aromatic N) is 2. The van der Waals surface area contributed by atoms with Crippen LogP contribution in [0, 0.1) is 30.6 Å². The summed E-state index contributed by atoms with van der Waals surface area (Å²) in [7, 11) is 1.86. The normalized spacial score (nSPS) is 28.2. The van der Waals surface area contributed by atoms with Gasteiger partial charge in [-0.2, -0.15) is 5.10 Å². The zero-order valence-corrected chi connectivity index (χ0v) is 14.7. The molecule has 6 heteroatoms. The lowest BCUT2D eigenvalue weighted by Gasteiger charge is -2.26. The van der Waals surface area contributed by atoms with E-state index in [0.717, 1.165) is 24.1 Å². The summed E-state index contributed by atoms with van der Waals surface area (Å²) in [4.78, 5) is 24.6. The lowest BCUT2D eigenvalue weighted by Crippen LogP contribution is -2.41. The van der Waals surface area contributed by atoms with Crippen molar-refractivity contribution < 1.29 is 14.7 Å². The highest BCUT2D eigenvalue weighted by molar-refractivity contribution is 5.87. The van der Waals surface area contributed by atoms with Crippen LogP contribution in [0.15, 0.2) is 17.3 Å². The zero-order chi connectivity index (χ0) is 17.6. The minimum atomic E-state index is -0.848. The van der Waals surface area contributed by atoms with E-state index in [2.05, 4.69) is 10.4 Å². The molecule has 2 fully saturated rings. The first-order valence-corrected chi connectivity index (χ1v) is 8.48. The molecule has 1 heterocycles. The molecule has 24 heavy (non-hydrogen) atoms. The number of fused-ring (bicyclic) bond motifs is 2. The number of carbonyl (C=O) groups excluding carboxylic acids is 1. The van der Waals surface area contributed by atoms with Crippen LogP contribution in [-0.2, 0) is 23.2 Å². The van der Waals surface area contributed by atoms with Crippen LogP contribution in [0.5, 0.6) is 0 Å². The lowest BCUT2D eigenvalue weighted by atomic mass is 9.78. The fourth-order valence-corrected chi connectivity index (χ4v) is 4.62. The van der Waals surface area contributed by atoms with Crippen molar-refractivity contribution in [3.05, 3.63) is 28.6 Å². The van der Waals surface area contributed by atoms with E-state index in [1.165, 1.54) is 11.1 Å². The number of nitrogens with one attached hydrogen (secondary N) is 1. The molecule has 2 aliphatic carbocycles. The Labute approximate surface area is 141 Å². The summed E-state index contributed by atoms with van der Waals surface area (Å²) >= 11 is 0. The highest BCUT2D eigenvalue weighted by Crippen LogP contribution is 2.57. The molecule has 0 aromatic carbocycles. The second kappa shape index (κ2) is 6.07. The number of allylic oxidation sites excluding steroid dienone is 2. The van der Waals surface area contributed by atoms with Gasteiger partial charge in [-0.25, -0.2) is 0 Å². The SMILES string of the molecule is CC(C)=C1[C@H]2CC[C@@H]1[C@H](C(=O)NCc1cnn(C)c1C)[C@H]2C(=O)O. The van der Waals surface area contributed by atoms with Gasteiger partial charge in [-0.15, -0.1) is 0 Å². The summed E-state index contributed by atoms with van der Waals surface area (Å²) < 4.78 is 1.76. The summed E-state index contributed by atoms with van der Waals surface area (Å²) in [6.07, 6.45) is 3.54. The minimum Gasteiger partial charge on any atom is -0.481 e. The van der Waals surface area contributed by atoms with Crippen LogP contribution in [0.2, 0.25) is 0 Å². The Kier molecular flexibility index (Phi) is 4.24. The molecule has 2 N–H and O–H groups in total. The van der Waals surface area contributed by atoms with E-state index in [4.69, 9.17) is 0 Å². The maximum atomic E-state index is 12.8. The Balaban J connectivity index is 1.79. The van der Waals surface area contributed by atoms with Gasteiger partial charge in [-0.1, -0.05) is 11.1 Å². The van der Waals surface area contributed by atoms with Gasteiger partial charge in [-0.05, 0) is 45.4 Å². The van der Waals surface area contributed by atoms with E-state index in [9.17, 15) is 14.7 Å². The molecule has 4 atom stereocenters. The van der Waals surface area contributed by atoms with Crippen molar-refractivity contribution in [1.82, 2.24) is 15.1 Å². The van der Waals surface area contributed by atoms with Crippen LogP contribution in [0.1, 0.15) is 37.9 Å². The van der Waals surface area contributed by atoms with Crippen LogP contribution >= 0.6 is 0 Å². The molecular weight excluding hydrogens is 306 g/mol. The summed E-state index contributed by atoms with van der Waals surface area (Å²) in [5.41, 5.74) is 4.35. The molecule has 0 radical (unpaired) electrons. The maximum Gasteiger partial charge on any atom is 0.307 e. The molecule has 1 amide bonds. The van der Waals surface area contributed by atoms with Crippen molar-refractivity contribution in [2.75, 3.05) is 0 Å². The molecule has 0 aliphatic heterocycles. The molecule has 1 aromatic rings. The van der Waals surface area contributed by atoms with E-state index in [1.807, 2.05) is 27.8 Å². The Bertz CT molecular complexity index is 715. The van der Waals surface area contributed by atoms with Gasteiger partial charge in [-0.3, -0.25) is 14.3 Å². The second-order valence-corrected chi connectivity index (χ2v) is 7.23. The first-order chi connectivity index (χ1) is 11.3. The third-order valence-electron chi connectivity index (χ3n) is 5.80. The van der Waals surface area contributed by atoms with Crippen molar-refractivity contribution in [2.45, 2.75) is 40.2 Å². The number of carboxylic acid groups (broad SMARTS) is 1. The van der Waals surface area contributed by atoms with Crippen molar-refractivity contribution in [2.24, 2.45) is 30.7 Å². The molecule has 0 unspecified atom stereocenters. The monoisotopic (exact) mass is 331 g/mol. The molecule has 130 valence electrons. The molecule has 2 aliphatic rings. The van der Waals surface area contributed by atoms with E-state index < -0.39 is 17.8 Å². The molecule has 3 rings (SSSR count). The number of hydrogen-bond donors (Lipinski definition) is 2. The molecule has 1 aromatic heterocycles. The van der Waals surface area contributed by atoms with Gasteiger partial charge >= 0.3 is 5.97 Å². The molecular formula is C18H25N3O3. The smallest absolute Gasteiger partial charge is 0.307 e. The molecule has 0 spiro atoms. The van der Waals surface area contributed by atoms with Gasteiger partial charge < -0.3 is 10.4 Å². The first kappa shape index (κ1) is 16.7. The zero-order valence-electron chi connectivity index (χ0n) is 14.7. The highest BCUT2D eigenvalue weighted by Gasteiger charge is 2.57. The third kappa shape index (κ3) is 2.54. The second-order valence-electron chi connectivity index (χ2n) is 7.23. The fourth-order valence-electron chi connectivity index (χ4n) is 4.62. The summed E-state index contributed by atoms with van der Waals surface area (Å²) in [5.74, 6) is -1.94. The Morgan fingerprint density at radius 2 is 1.92 bits per heavy atom. The molecule has 6 nitrogen and oxygen atoms in total. The number of aliphatic carboxylic acids is 1. The van der Waals surface area contributed by atoms with Gasteiger partial charge in [0, 0.05) is 24.8 Å². The van der Waals surface area contributed by atoms with Gasteiger partial charge in [0.05, 0.1) is 18.0 Å². The Hall–Kier alpha value is -2.11. The minimum absolute atomic E-state index is 0.0216. The van der Waals surface area contributed by atoms with Gasteiger partial charge in [0.15, 0.2) is 0 Å². The molecule has 2 saturated carbocycles. The summed E-state index contributed by atoms with van der Waals surface area (Å²) in [6, 6.07) is 0. The van der Waals surface area contributed by atoms with Crippen LogP contribution in [0.3, 0.4) is 0 Å². The van der Waals surface area contributed by atoms with E-state index >= 15 is 0 Å². The predicted molar refractivity (Wildman–Crippen MR) is 89.0 cm³/mol. The van der Waals surface area contributed by atoms with E-state index in [-0.39, 0.29) is 17.7 Å². The number of hydrogen-bond acceptors (Lipinski definition) is 3. The topological polar surface area (TPSA) is 84.2 Å². The van der Waals surface area contributed by atoms with Crippen LogP contribution in [0.25, 0.3) is 0 Å². The van der Waals surface area contributed by atoms with Crippen LogP contribution in [-0.4, -0.2) is 26.8 Å². The quantitative estimate of drug-likeness (QED) is 0.827. The number of carboxylic acids is 1. The fraction of sp³-hybridized carbons (Fsp3) is 0.611. The Morgan fingerprint density at radius 1 is 1.29 bits per heavy atom. The summed E-state index contributed by atoms with van der Waals surface area (Å²) in [5, 5.41) is 16.8. The number of amides is 1. The summed E-state index contributed by atoms with van der Waals surface area (Å²) in [6.45, 7) is 6.40. The molecule has 0 saturated heterocycles. The van der Waals surface area contributed by atoms with Gasteiger partial charge in [0.1, 0.15) is 0 Å². The maximum absolute atomic E-state index is 12.8. The van der Waals surface area contributed by atoms with E-state index in [0.29, 0.717) is 6.54 Å². The average molecular weight is 331 g/mol. The third-order valence-corrected chi connectivity index (χ3v) is 5.80. The number of carbonyl (C=O) groups is 2. The average Bonchev–Trinajstić information content (AvgIpc) is 3.18. The lowest BCUT2D eigenvalue weighted by molar-refractivity contribution is -0.149. The first-order valence-electron chi connectivity index (χ1n) is 8.48. The highest BCUT2D eigenvalue weighted by atomic mass is 16.4. The largest absolute Gasteiger partial charge is 0.481 e. The van der Waals surface area contributed by atoms with Crippen LogP contribution < -0.4 is 5.32 Å². The van der Waals surface area contributed by atoms with Crippen molar-refractivity contribution in [1.29, 1.82) is 0 Å². The van der Waals surface area contributed by atoms with Crippen molar-refractivity contribution >= 4 is 11.9 Å². The standard InChI is InChI=1S/C18H25N3O3/c1-9(2)14-12-5-6-13(14)16(18(23)24)15(12)17(22)19-7-11-8-20-21(4)10(11)3/h8,12-13,15-16H,5-7H2,1-4H3,(H,19,22)(H,23,24)/t12-,13+,15-,16-/m0/s1. The van der Waals surface area contributed by atoms with Gasteiger partial charge in [0.25, 0.3) is 0 Å². The van der Waals surface area contributed by atoms with Crippen LogP contribution in [0.4, 0.5) is 0 Å². The Morgan fingerprint density at radius 3 is 2.42 bits per heavy atom. The van der Waals surface area contributed by atoms with Crippen molar-refractivity contribution in [3.63, 3.8) is 0 Å². The van der Waals surface area contributed by atoms with Crippen molar-refractivity contribution in [3.8, 4) is 0 Å². The molecule has 2 bridgehead atoms. The van der Waals surface area contributed by atoms with E-state index in [1.54, 1.807) is 10.9 Å².